The third kappa shape index (κ3) is 2.91. The van der Waals surface area contributed by atoms with Crippen molar-refractivity contribution in [2.75, 3.05) is 5.32 Å². The molecule has 0 saturated carbocycles. The van der Waals surface area contributed by atoms with Crippen molar-refractivity contribution in [1.29, 1.82) is 0 Å². The molecule has 5 heteroatoms. The van der Waals surface area contributed by atoms with Crippen LogP contribution in [0.15, 0.2) is 12.1 Å². The quantitative estimate of drug-likeness (QED) is 0.819. The third-order valence-electron chi connectivity index (χ3n) is 1.89. The molecule has 0 aliphatic rings. The molecular weight excluding hydrogens is 221 g/mol. The van der Waals surface area contributed by atoms with Gasteiger partial charge < -0.3 is 10.4 Å². The Balaban J connectivity index is 2.96. The van der Waals surface area contributed by atoms with Crippen LogP contribution in [0.25, 0.3) is 0 Å². The first-order valence-corrected chi connectivity index (χ1v) is 4.74. The highest BCUT2D eigenvalue weighted by Gasteiger charge is 2.12. The Hall–Kier alpha value is -1.13. The van der Waals surface area contributed by atoms with Crippen molar-refractivity contribution in [3.8, 4) is 0 Å². The number of nitrogens with one attached hydrogen (secondary N) is 1. The van der Waals surface area contributed by atoms with Crippen molar-refractivity contribution in [2.24, 2.45) is 0 Å². The minimum absolute atomic E-state index is 0.158. The molecule has 0 bridgehead atoms. The highest BCUT2D eigenvalue weighted by molar-refractivity contribution is 6.33. The topological polar surface area (TPSA) is 49.3 Å². The lowest BCUT2D eigenvalue weighted by atomic mass is 10.2. The van der Waals surface area contributed by atoms with E-state index >= 15 is 0 Å². The van der Waals surface area contributed by atoms with Crippen molar-refractivity contribution in [3.05, 3.63) is 28.5 Å². The van der Waals surface area contributed by atoms with Gasteiger partial charge in [0.05, 0.1) is 10.7 Å². The molecule has 0 aliphatic heterocycles. The van der Waals surface area contributed by atoms with E-state index in [9.17, 15) is 9.18 Å². The molecule has 0 heterocycles. The van der Waals surface area contributed by atoms with E-state index in [1.54, 1.807) is 6.92 Å². The summed E-state index contributed by atoms with van der Waals surface area (Å²) in [5.41, 5.74) is 0.556. The minimum atomic E-state index is -1.16. The van der Waals surface area contributed by atoms with Crippen LogP contribution in [0.2, 0.25) is 5.02 Å². The second-order valence-electron chi connectivity index (χ2n) is 3.25. The summed E-state index contributed by atoms with van der Waals surface area (Å²) in [7, 11) is 0. The number of hydrogen-bond donors (Lipinski definition) is 2. The molecule has 1 atom stereocenters. The summed E-state index contributed by atoms with van der Waals surface area (Å²) in [5, 5.41) is 11.5. The van der Waals surface area contributed by atoms with Gasteiger partial charge in [-0.05, 0) is 31.5 Å². The van der Waals surface area contributed by atoms with E-state index in [4.69, 9.17) is 16.7 Å². The van der Waals surface area contributed by atoms with Gasteiger partial charge in [0.1, 0.15) is 11.9 Å². The van der Waals surface area contributed by atoms with E-state index in [0.717, 1.165) is 6.07 Å². The number of aliphatic hydroxyl groups is 1. The van der Waals surface area contributed by atoms with E-state index in [0.29, 0.717) is 5.56 Å². The van der Waals surface area contributed by atoms with E-state index in [1.807, 2.05) is 0 Å². The fourth-order valence-electron chi connectivity index (χ4n) is 0.979. The molecule has 0 aromatic heterocycles. The number of amides is 1. The first-order valence-electron chi connectivity index (χ1n) is 4.36. The van der Waals surface area contributed by atoms with Crippen LogP contribution < -0.4 is 5.32 Å². The number of aryl methyl sites for hydroxylation is 1. The van der Waals surface area contributed by atoms with Gasteiger partial charge >= 0.3 is 0 Å². The van der Waals surface area contributed by atoms with Crippen molar-refractivity contribution >= 4 is 23.2 Å². The largest absolute Gasteiger partial charge is 0.384 e. The number of carbonyl (C=O) groups excluding carboxylic acids is 1. The van der Waals surface area contributed by atoms with Crippen molar-refractivity contribution in [1.82, 2.24) is 0 Å². The average molecular weight is 232 g/mol. The molecule has 15 heavy (non-hydrogen) atoms. The maximum absolute atomic E-state index is 13.1. The second-order valence-corrected chi connectivity index (χ2v) is 3.65. The van der Waals surface area contributed by atoms with E-state index in [-0.39, 0.29) is 10.7 Å². The van der Waals surface area contributed by atoms with Gasteiger partial charge in [-0.3, -0.25) is 4.79 Å². The zero-order valence-electron chi connectivity index (χ0n) is 8.34. The minimum Gasteiger partial charge on any atom is -0.384 e. The molecule has 2 N–H and O–H groups in total. The van der Waals surface area contributed by atoms with Crippen molar-refractivity contribution < 1.29 is 14.3 Å². The molecule has 1 amide bonds. The molecule has 1 aromatic rings. The van der Waals surface area contributed by atoms with E-state index in [1.165, 1.54) is 13.0 Å². The van der Waals surface area contributed by atoms with Gasteiger partial charge in [-0.25, -0.2) is 4.39 Å². The maximum atomic E-state index is 13.1. The standard InChI is InChI=1S/C10H11ClFNO2/c1-5-3-7(11)9(4-8(5)12)13-10(15)6(2)14/h3-4,6,14H,1-2H3,(H,13,15). The van der Waals surface area contributed by atoms with Crippen LogP contribution in [-0.4, -0.2) is 17.1 Å². The number of halogens is 2. The van der Waals surface area contributed by atoms with E-state index in [2.05, 4.69) is 5.32 Å². The molecule has 0 radical (unpaired) electrons. The third-order valence-corrected chi connectivity index (χ3v) is 2.20. The van der Waals surface area contributed by atoms with Crippen LogP contribution in [0, 0.1) is 12.7 Å². The van der Waals surface area contributed by atoms with Gasteiger partial charge in [-0.1, -0.05) is 11.6 Å². The molecule has 0 fully saturated rings. The van der Waals surface area contributed by atoms with Gasteiger partial charge in [0.15, 0.2) is 0 Å². The van der Waals surface area contributed by atoms with Crippen LogP contribution in [0.4, 0.5) is 10.1 Å². The molecule has 82 valence electrons. The van der Waals surface area contributed by atoms with Gasteiger partial charge in [-0.15, -0.1) is 0 Å². The normalized spacial score (nSPS) is 12.3. The first kappa shape index (κ1) is 11.9. The molecule has 3 nitrogen and oxygen atoms in total. The molecular formula is C10H11ClFNO2. The Kier molecular flexibility index (Phi) is 3.66. The number of benzene rings is 1. The molecule has 1 aromatic carbocycles. The summed E-state index contributed by atoms with van der Waals surface area (Å²) in [6, 6.07) is 2.53. The smallest absolute Gasteiger partial charge is 0.252 e. The van der Waals surface area contributed by atoms with Crippen LogP contribution in [0.1, 0.15) is 12.5 Å². The van der Waals surface area contributed by atoms with Gasteiger partial charge in [0.2, 0.25) is 0 Å². The summed E-state index contributed by atoms with van der Waals surface area (Å²) in [5.74, 6) is -1.08. The summed E-state index contributed by atoms with van der Waals surface area (Å²) < 4.78 is 13.1. The van der Waals surface area contributed by atoms with Crippen LogP contribution in [0.5, 0.6) is 0 Å². The lowest BCUT2D eigenvalue weighted by Gasteiger charge is -2.09. The first-order chi connectivity index (χ1) is 6.91. The van der Waals surface area contributed by atoms with Crippen LogP contribution in [0.3, 0.4) is 0 Å². The Morgan fingerprint density at radius 1 is 1.60 bits per heavy atom. The zero-order valence-corrected chi connectivity index (χ0v) is 9.10. The predicted octanol–water partition coefficient (Wildman–Crippen LogP) is 2.11. The molecule has 0 saturated heterocycles. The number of aliphatic hydroxyl groups excluding tert-OH is 1. The number of anilines is 1. The average Bonchev–Trinajstić information content (AvgIpc) is 2.13. The van der Waals surface area contributed by atoms with E-state index < -0.39 is 17.8 Å². The lowest BCUT2D eigenvalue weighted by Crippen LogP contribution is -2.24. The molecule has 0 aliphatic carbocycles. The van der Waals surface area contributed by atoms with Gasteiger partial charge in [-0.2, -0.15) is 0 Å². The Labute approximate surface area is 91.9 Å². The summed E-state index contributed by atoms with van der Waals surface area (Å²) in [4.78, 5) is 11.1. The maximum Gasteiger partial charge on any atom is 0.252 e. The van der Waals surface area contributed by atoms with Crippen molar-refractivity contribution in [3.63, 3.8) is 0 Å². The molecule has 0 spiro atoms. The second kappa shape index (κ2) is 4.59. The summed E-state index contributed by atoms with van der Waals surface area (Å²) >= 11 is 5.79. The van der Waals surface area contributed by atoms with Gasteiger partial charge in [0, 0.05) is 0 Å². The van der Waals surface area contributed by atoms with Crippen molar-refractivity contribution in [2.45, 2.75) is 20.0 Å². The summed E-state index contributed by atoms with van der Waals surface area (Å²) in [6.45, 7) is 2.88. The predicted molar refractivity (Wildman–Crippen MR) is 56.5 cm³/mol. The summed E-state index contributed by atoms with van der Waals surface area (Å²) in [6.07, 6.45) is -1.16. The molecule has 1 unspecified atom stereocenters. The fraction of sp³-hybridized carbons (Fsp3) is 0.300. The lowest BCUT2D eigenvalue weighted by molar-refractivity contribution is -0.123. The Morgan fingerprint density at radius 2 is 2.20 bits per heavy atom. The van der Waals surface area contributed by atoms with Crippen LogP contribution in [-0.2, 0) is 4.79 Å². The molecule has 1 rings (SSSR count). The van der Waals surface area contributed by atoms with Crippen LogP contribution >= 0.6 is 11.6 Å². The number of carbonyl (C=O) groups is 1. The Morgan fingerprint density at radius 3 is 2.73 bits per heavy atom. The van der Waals surface area contributed by atoms with Gasteiger partial charge in [0.25, 0.3) is 5.91 Å². The Bertz CT molecular complexity index is 393. The highest BCUT2D eigenvalue weighted by atomic mass is 35.5. The number of rotatable bonds is 2. The number of hydrogen-bond acceptors (Lipinski definition) is 2. The highest BCUT2D eigenvalue weighted by Crippen LogP contribution is 2.25. The fourth-order valence-corrected chi connectivity index (χ4v) is 1.24. The zero-order chi connectivity index (χ0) is 11.6. The SMILES string of the molecule is Cc1cc(Cl)c(NC(=O)C(C)O)cc1F. The monoisotopic (exact) mass is 231 g/mol.